The van der Waals surface area contributed by atoms with Gasteiger partial charge in [-0.25, -0.2) is 0 Å². The molecule has 15 heavy (non-hydrogen) atoms. The molecule has 1 atom stereocenters. The summed E-state index contributed by atoms with van der Waals surface area (Å²) in [6, 6.07) is 6.72. The van der Waals surface area contributed by atoms with Gasteiger partial charge in [-0.1, -0.05) is 12.1 Å². The lowest BCUT2D eigenvalue weighted by atomic mass is 10.2. The van der Waals surface area contributed by atoms with Crippen molar-refractivity contribution in [1.82, 2.24) is 10.6 Å². The second kappa shape index (κ2) is 5.36. The van der Waals surface area contributed by atoms with Gasteiger partial charge in [0.2, 0.25) is 5.91 Å². The minimum absolute atomic E-state index is 0.0462. The lowest BCUT2D eigenvalue weighted by molar-refractivity contribution is -0.122. The van der Waals surface area contributed by atoms with Crippen molar-refractivity contribution in [2.75, 3.05) is 7.05 Å². The van der Waals surface area contributed by atoms with Gasteiger partial charge in [-0.15, -0.1) is 0 Å². The fourth-order valence-electron chi connectivity index (χ4n) is 1.25. The van der Waals surface area contributed by atoms with Crippen molar-refractivity contribution in [2.45, 2.75) is 19.5 Å². The van der Waals surface area contributed by atoms with E-state index in [1.807, 2.05) is 6.07 Å². The Labute approximate surface area is 89.3 Å². The van der Waals surface area contributed by atoms with Gasteiger partial charge in [-0.3, -0.25) is 4.79 Å². The zero-order valence-corrected chi connectivity index (χ0v) is 8.95. The number of amides is 1. The quantitative estimate of drug-likeness (QED) is 0.679. The number of phenolic OH excluding ortho intramolecular Hbond substituents is 1. The monoisotopic (exact) mass is 208 g/mol. The number of benzene rings is 1. The molecule has 0 bridgehead atoms. The summed E-state index contributed by atoms with van der Waals surface area (Å²) in [6.45, 7) is 2.35. The lowest BCUT2D eigenvalue weighted by Crippen LogP contribution is -2.40. The van der Waals surface area contributed by atoms with Crippen molar-refractivity contribution in [2.24, 2.45) is 0 Å². The molecule has 1 rings (SSSR count). The Morgan fingerprint density at radius 2 is 2.27 bits per heavy atom. The van der Waals surface area contributed by atoms with E-state index in [1.165, 1.54) is 0 Å². The second-order valence-electron chi connectivity index (χ2n) is 3.39. The first-order valence-corrected chi connectivity index (χ1v) is 4.86. The van der Waals surface area contributed by atoms with E-state index in [1.54, 1.807) is 32.2 Å². The topological polar surface area (TPSA) is 61.4 Å². The van der Waals surface area contributed by atoms with Gasteiger partial charge in [0.05, 0.1) is 6.04 Å². The molecule has 0 aliphatic heterocycles. The predicted octanol–water partition coefficient (Wildman–Crippen LogP) is 0.616. The minimum atomic E-state index is -0.239. The van der Waals surface area contributed by atoms with Crippen LogP contribution in [-0.4, -0.2) is 24.1 Å². The summed E-state index contributed by atoms with van der Waals surface area (Å²) in [7, 11) is 1.61. The molecule has 4 nitrogen and oxygen atoms in total. The van der Waals surface area contributed by atoms with Crippen molar-refractivity contribution in [3.63, 3.8) is 0 Å². The Morgan fingerprint density at radius 1 is 1.53 bits per heavy atom. The first-order chi connectivity index (χ1) is 7.13. The van der Waals surface area contributed by atoms with E-state index in [0.29, 0.717) is 6.54 Å². The van der Waals surface area contributed by atoms with Gasteiger partial charge in [-0.05, 0) is 24.6 Å². The van der Waals surface area contributed by atoms with E-state index < -0.39 is 0 Å². The maximum Gasteiger partial charge on any atom is 0.236 e. The van der Waals surface area contributed by atoms with E-state index >= 15 is 0 Å². The SMILES string of the molecule is CNC(=O)[C@@H](C)NCc1cccc(O)c1. The third-order valence-corrected chi connectivity index (χ3v) is 2.16. The number of nitrogens with one attached hydrogen (secondary N) is 2. The fraction of sp³-hybridized carbons (Fsp3) is 0.364. The first kappa shape index (κ1) is 11.5. The van der Waals surface area contributed by atoms with Gasteiger partial charge < -0.3 is 15.7 Å². The molecule has 4 heteroatoms. The van der Waals surface area contributed by atoms with Gasteiger partial charge in [0, 0.05) is 13.6 Å². The lowest BCUT2D eigenvalue weighted by Gasteiger charge is -2.12. The Hall–Kier alpha value is -1.55. The third-order valence-electron chi connectivity index (χ3n) is 2.16. The molecule has 0 saturated carbocycles. The normalized spacial score (nSPS) is 12.1. The van der Waals surface area contributed by atoms with Crippen LogP contribution in [0.5, 0.6) is 5.75 Å². The molecule has 82 valence electrons. The standard InChI is InChI=1S/C11H16N2O2/c1-8(11(15)12-2)13-7-9-4-3-5-10(14)6-9/h3-6,8,13-14H,7H2,1-2H3,(H,12,15)/t8-/m1/s1. The first-order valence-electron chi connectivity index (χ1n) is 4.86. The Balaban J connectivity index is 2.47. The maximum absolute atomic E-state index is 11.2. The van der Waals surface area contributed by atoms with Crippen LogP contribution in [0.4, 0.5) is 0 Å². The van der Waals surface area contributed by atoms with Crippen LogP contribution in [0.3, 0.4) is 0 Å². The smallest absolute Gasteiger partial charge is 0.236 e. The molecular weight excluding hydrogens is 192 g/mol. The van der Waals surface area contributed by atoms with Crippen LogP contribution in [0, 0.1) is 0 Å². The number of aromatic hydroxyl groups is 1. The Morgan fingerprint density at radius 3 is 2.87 bits per heavy atom. The number of hydrogen-bond acceptors (Lipinski definition) is 3. The number of rotatable bonds is 4. The van der Waals surface area contributed by atoms with Gasteiger partial charge in [-0.2, -0.15) is 0 Å². The van der Waals surface area contributed by atoms with E-state index in [4.69, 9.17) is 0 Å². The van der Waals surface area contributed by atoms with Crippen LogP contribution >= 0.6 is 0 Å². The number of carbonyl (C=O) groups is 1. The van der Waals surface area contributed by atoms with E-state index in [0.717, 1.165) is 5.56 Å². The Bertz CT molecular complexity index is 339. The summed E-state index contributed by atoms with van der Waals surface area (Å²) in [6.07, 6.45) is 0. The van der Waals surface area contributed by atoms with E-state index in [-0.39, 0.29) is 17.7 Å². The number of carbonyl (C=O) groups excluding carboxylic acids is 1. The van der Waals surface area contributed by atoms with Gasteiger partial charge in [0.1, 0.15) is 5.75 Å². The van der Waals surface area contributed by atoms with E-state index in [2.05, 4.69) is 10.6 Å². The summed E-state index contributed by atoms with van der Waals surface area (Å²) in [5.41, 5.74) is 0.950. The van der Waals surface area contributed by atoms with Crippen molar-refractivity contribution >= 4 is 5.91 Å². The summed E-state index contributed by atoms with van der Waals surface area (Å²) >= 11 is 0. The van der Waals surface area contributed by atoms with Crippen LogP contribution < -0.4 is 10.6 Å². The van der Waals surface area contributed by atoms with Crippen LogP contribution in [0.15, 0.2) is 24.3 Å². The molecule has 0 aliphatic carbocycles. The minimum Gasteiger partial charge on any atom is -0.508 e. The summed E-state index contributed by atoms with van der Waals surface area (Å²) in [5, 5.41) is 14.8. The zero-order valence-electron chi connectivity index (χ0n) is 8.95. The highest BCUT2D eigenvalue weighted by atomic mass is 16.3. The molecule has 0 radical (unpaired) electrons. The average molecular weight is 208 g/mol. The van der Waals surface area contributed by atoms with Crippen LogP contribution in [0.2, 0.25) is 0 Å². The summed E-state index contributed by atoms with van der Waals surface area (Å²) in [4.78, 5) is 11.2. The molecule has 1 aromatic carbocycles. The van der Waals surface area contributed by atoms with Crippen molar-refractivity contribution in [1.29, 1.82) is 0 Å². The molecule has 0 fully saturated rings. The van der Waals surface area contributed by atoms with E-state index in [9.17, 15) is 9.90 Å². The maximum atomic E-state index is 11.2. The zero-order chi connectivity index (χ0) is 11.3. The molecule has 0 heterocycles. The van der Waals surface area contributed by atoms with Crippen LogP contribution in [-0.2, 0) is 11.3 Å². The highest BCUT2D eigenvalue weighted by Gasteiger charge is 2.09. The number of hydrogen-bond donors (Lipinski definition) is 3. The second-order valence-corrected chi connectivity index (χ2v) is 3.39. The van der Waals surface area contributed by atoms with Gasteiger partial charge in [0.15, 0.2) is 0 Å². The number of likely N-dealkylation sites (N-methyl/N-ethyl adjacent to an activating group) is 1. The van der Waals surface area contributed by atoms with Crippen molar-refractivity contribution < 1.29 is 9.90 Å². The molecule has 1 aromatic rings. The molecule has 0 unspecified atom stereocenters. The predicted molar refractivity (Wildman–Crippen MR) is 58.5 cm³/mol. The summed E-state index contributed by atoms with van der Waals surface area (Å²) < 4.78 is 0. The molecule has 0 aliphatic rings. The van der Waals surface area contributed by atoms with Gasteiger partial charge >= 0.3 is 0 Å². The largest absolute Gasteiger partial charge is 0.508 e. The highest BCUT2D eigenvalue weighted by molar-refractivity contribution is 5.80. The summed E-state index contributed by atoms with van der Waals surface area (Å²) in [5.74, 6) is 0.192. The molecule has 0 saturated heterocycles. The van der Waals surface area contributed by atoms with Crippen molar-refractivity contribution in [3.05, 3.63) is 29.8 Å². The Kier molecular flexibility index (Phi) is 4.12. The fourth-order valence-corrected chi connectivity index (χ4v) is 1.25. The molecular formula is C11H16N2O2. The van der Waals surface area contributed by atoms with Gasteiger partial charge in [0.25, 0.3) is 0 Å². The third kappa shape index (κ3) is 3.59. The molecule has 0 spiro atoms. The van der Waals surface area contributed by atoms with Crippen molar-refractivity contribution in [3.8, 4) is 5.75 Å². The van der Waals surface area contributed by atoms with Crippen LogP contribution in [0.1, 0.15) is 12.5 Å². The molecule has 3 N–H and O–H groups in total. The molecule has 0 aromatic heterocycles. The van der Waals surface area contributed by atoms with Crippen LogP contribution in [0.25, 0.3) is 0 Å². The molecule has 1 amide bonds. The highest BCUT2D eigenvalue weighted by Crippen LogP contribution is 2.10. The number of phenols is 1. The average Bonchev–Trinajstić information content (AvgIpc) is 2.25.